The number of rotatable bonds is 4. The Hall–Kier alpha value is -2.81. The minimum Gasteiger partial charge on any atom is -0.497 e. The van der Waals surface area contributed by atoms with Gasteiger partial charge in [-0.15, -0.1) is 0 Å². The van der Waals surface area contributed by atoms with Crippen molar-refractivity contribution in [1.82, 2.24) is 0 Å². The van der Waals surface area contributed by atoms with Crippen molar-refractivity contribution in [3.8, 4) is 5.75 Å². The first-order chi connectivity index (χ1) is 12.6. The van der Waals surface area contributed by atoms with Gasteiger partial charge in [0.15, 0.2) is 5.78 Å². The van der Waals surface area contributed by atoms with Crippen LogP contribution in [0.2, 0.25) is 0 Å². The fourth-order valence-electron chi connectivity index (χ4n) is 3.18. The van der Waals surface area contributed by atoms with Gasteiger partial charge < -0.3 is 9.64 Å². The van der Waals surface area contributed by atoms with Crippen molar-refractivity contribution in [3.63, 3.8) is 0 Å². The van der Waals surface area contributed by atoms with Crippen LogP contribution in [0.1, 0.15) is 30.4 Å². The van der Waals surface area contributed by atoms with Gasteiger partial charge in [-0.3, -0.25) is 4.79 Å². The average Bonchev–Trinajstić information content (AvgIpc) is 2.65. The number of nitrogens with zero attached hydrogens (tertiary/aromatic N) is 1. The van der Waals surface area contributed by atoms with Crippen LogP contribution in [0.15, 0.2) is 59.7 Å². The Balaban J connectivity index is 1.83. The molecule has 1 saturated carbocycles. The summed E-state index contributed by atoms with van der Waals surface area (Å²) in [5, 5.41) is 0. The van der Waals surface area contributed by atoms with Gasteiger partial charge in [-0.1, -0.05) is 24.3 Å². The van der Waals surface area contributed by atoms with E-state index in [4.69, 9.17) is 4.74 Å². The Morgan fingerprint density at radius 3 is 2.19 bits per heavy atom. The van der Waals surface area contributed by atoms with E-state index in [2.05, 4.69) is 29.2 Å². The largest absolute Gasteiger partial charge is 0.497 e. The van der Waals surface area contributed by atoms with E-state index >= 15 is 0 Å². The fraction of sp³-hybridized carbons (Fsp3) is 0.261. The zero-order valence-electron chi connectivity index (χ0n) is 15.7. The van der Waals surface area contributed by atoms with Gasteiger partial charge in [0.2, 0.25) is 0 Å². The zero-order valence-corrected chi connectivity index (χ0v) is 15.7. The van der Waals surface area contributed by atoms with Gasteiger partial charge in [0.25, 0.3) is 0 Å². The first kappa shape index (κ1) is 18.0. The molecule has 0 unspecified atom stereocenters. The molecular weight excluding hydrogens is 322 g/mol. The van der Waals surface area contributed by atoms with Gasteiger partial charge in [0, 0.05) is 30.9 Å². The summed E-state index contributed by atoms with van der Waals surface area (Å²) in [4.78, 5) is 15.0. The molecule has 0 amide bonds. The molecule has 1 aliphatic carbocycles. The molecule has 3 rings (SSSR count). The third-order valence-electron chi connectivity index (χ3n) is 4.66. The fourth-order valence-corrected chi connectivity index (χ4v) is 3.18. The molecule has 0 saturated heterocycles. The number of benzene rings is 2. The lowest BCUT2D eigenvalue weighted by Gasteiger charge is -2.17. The minimum atomic E-state index is 0.163. The van der Waals surface area contributed by atoms with E-state index in [0.29, 0.717) is 0 Å². The van der Waals surface area contributed by atoms with E-state index in [9.17, 15) is 4.79 Å². The second-order valence-electron chi connectivity index (χ2n) is 6.78. The van der Waals surface area contributed by atoms with Crippen LogP contribution < -0.4 is 9.64 Å². The Morgan fingerprint density at radius 1 is 0.923 bits per heavy atom. The number of allylic oxidation sites excluding steroid dienone is 2. The number of carbonyl (C=O) groups excluding carboxylic acids is 1. The zero-order chi connectivity index (χ0) is 18.5. The first-order valence-corrected chi connectivity index (χ1v) is 8.94. The molecular formula is C23H25NO2. The van der Waals surface area contributed by atoms with Crippen LogP contribution in [0.3, 0.4) is 0 Å². The Bertz CT molecular complexity index is 845. The molecule has 26 heavy (non-hydrogen) atoms. The second-order valence-corrected chi connectivity index (χ2v) is 6.78. The number of ketones is 1. The molecule has 2 aromatic carbocycles. The van der Waals surface area contributed by atoms with Crippen LogP contribution >= 0.6 is 0 Å². The molecule has 0 spiro atoms. The number of methoxy groups -OCH3 is 1. The molecule has 3 nitrogen and oxygen atoms in total. The second kappa shape index (κ2) is 8.05. The van der Waals surface area contributed by atoms with Crippen molar-refractivity contribution in [2.75, 3.05) is 26.1 Å². The van der Waals surface area contributed by atoms with Gasteiger partial charge in [-0.2, -0.15) is 0 Å². The molecule has 0 aliphatic heterocycles. The van der Waals surface area contributed by atoms with Gasteiger partial charge in [-0.05, 0) is 66.8 Å². The third kappa shape index (κ3) is 4.23. The van der Waals surface area contributed by atoms with Crippen LogP contribution in [-0.4, -0.2) is 27.0 Å². The lowest BCUT2D eigenvalue weighted by molar-refractivity contribution is -0.112. The van der Waals surface area contributed by atoms with E-state index in [1.807, 2.05) is 50.5 Å². The van der Waals surface area contributed by atoms with E-state index in [1.165, 1.54) is 0 Å². The Kier molecular flexibility index (Phi) is 5.57. The van der Waals surface area contributed by atoms with Gasteiger partial charge in [-0.25, -0.2) is 0 Å². The van der Waals surface area contributed by atoms with Crippen molar-refractivity contribution < 1.29 is 9.53 Å². The number of Topliss-reactive ketones (excluding diaryl/α,β-unsaturated/α-hetero) is 1. The molecule has 1 aliphatic rings. The van der Waals surface area contributed by atoms with Crippen LogP contribution in [-0.2, 0) is 4.79 Å². The monoisotopic (exact) mass is 347 g/mol. The van der Waals surface area contributed by atoms with E-state index in [-0.39, 0.29) is 5.78 Å². The summed E-state index contributed by atoms with van der Waals surface area (Å²) < 4.78 is 5.27. The number of anilines is 1. The Morgan fingerprint density at radius 2 is 1.58 bits per heavy atom. The molecule has 0 atom stereocenters. The molecule has 0 bridgehead atoms. The molecule has 0 radical (unpaired) electrons. The maximum atomic E-state index is 12.9. The summed E-state index contributed by atoms with van der Waals surface area (Å²) in [6.45, 7) is 0. The molecule has 1 fully saturated rings. The topological polar surface area (TPSA) is 29.5 Å². The number of hydrogen-bond donors (Lipinski definition) is 0. The quantitative estimate of drug-likeness (QED) is 0.731. The normalized spacial score (nSPS) is 17.6. The lowest BCUT2D eigenvalue weighted by atomic mass is 9.87. The highest BCUT2D eigenvalue weighted by Gasteiger charge is 2.20. The molecule has 3 heteroatoms. The van der Waals surface area contributed by atoms with E-state index < -0.39 is 0 Å². The van der Waals surface area contributed by atoms with Crippen molar-refractivity contribution >= 4 is 23.6 Å². The molecule has 0 N–H and O–H groups in total. The first-order valence-electron chi connectivity index (χ1n) is 8.94. The maximum Gasteiger partial charge on any atom is 0.185 e. The minimum absolute atomic E-state index is 0.163. The number of ether oxygens (including phenoxy) is 1. The van der Waals surface area contributed by atoms with Crippen molar-refractivity contribution in [2.45, 2.75) is 19.3 Å². The smallest absolute Gasteiger partial charge is 0.185 e. The summed E-state index contributed by atoms with van der Waals surface area (Å²) >= 11 is 0. The molecule has 134 valence electrons. The van der Waals surface area contributed by atoms with Crippen molar-refractivity contribution in [3.05, 3.63) is 70.8 Å². The summed E-state index contributed by atoms with van der Waals surface area (Å²) in [6.07, 6.45) is 6.69. The van der Waals surface area contributed by atoms with Crippen LogP contribution in [0.25, 0.3) is 12.2 Å². The standard InChI is InChI=1S/C23H25NO2/c1-24(2)21-12-10-17(11-13-21)14-19-7-5-8-20(23(19)25)15-18-6-4-9-22(16-18)26-3/h4,6,9-16H,5,7-8H2,1-3H3/b19-14+,20-15+. The van der Waals surface area contributed by atoms with Crippen molar-refractivity contribution in [1.29, 1.82) is 0 Å². The van der Waals surface area contributed by atoms with Crippen LogP contribution in [0.4, 0.5) is 5.69 Å². The number of carbonyl (C=O) groups is 1. The Labute approximate surface area is 155 Å². The van der Waals surface area contributed by atoms with Crippen LogP contribution in [0.5, 0.6) is 5.75 Å². The highest BCUT2D eigenvalue weighted by molar-refractivity contribution is 6.14. The third-order valence-corrected chi connectivity index (χ3v) is 4.66. The maximum absolute atomic E-state index is 12.9. The van der Waals surface area contributed by atoms with Crippen molar-refractivity contribution in [2.24, 2.45) is 0 Å². The predicted molar refractivity (Wildman–Crippen MR) is 109 cm³/mol. The van der Waals surface area contributed by atoms with Gasteiger partial charge in [0.05, 0.1) is 7.11 Å². The summed E-state index contributed by atoms with van der Waals surface area (Å²) in [6, 6.07) is 16.1. The summed E-state index contributed by atoms with van der Waals surface area (Å²) in [5.41, 5.74) is 5.00. The van der Waals surface area contributed by atoms with E-state index in [0.717, 1.165) is 53.0 Å². The highest BCUT2D eigenvalue weighted by atomic mass is 16.5. The summed E-state index contributed by atoms with van der Waals surface area (Å²) in [5.74, 6) is 0.968. The average molecular weight is 347 g/mol. The van der Waals surface area contributed by atoms with E-state index in [1.54, 1.807) is 7.11 Å². The SMILES string of the molecule is COc1cccc(/C=C2\CCC/C(=C\c3ccc(N(C)C)cc3)C2=O)c1. The summed E-state index contributed by atoms with van der Waals surface area (Å²) in [7, 11) is 5.70. The lowest BCUT2D eigenvalue weighted by Crippen LogP contribution is -2.12. The predicted octanol–water partition coefficient (Wildman–Crippen LogP) is 4.98. The highest BCUT2D eigenvalue weighted by Crippen LogP contribution is 2.29. The van der Waals surface area contributed by atoms with Gasteiger partial charge >= 0.3 is 0 Å². The molecule has 2 aromatic rings. The molecule has 0 heterocycles. The van der Waals surface area contributed by atoms with Crippen LogP contribution in [0, 0.1) is 0 Å². The number of hydrogen-bond acceptors (Lipinski definition) is 3. The van der Waals surface area contributed by atoms with Gasteiger partial charge in [0.1, 0.15) is 5.75 Å². The molecule has 0 aromatic heterocycles.